The lowest BCUT2D eigenvalue weighted by molar-refractivity contribution is -0.187. The Bertz CT molecular complexity index is 530. The summed E-state index contributed by atoms with van der Waals surface area (Å²) >= 11 is 0. The number of nitrogens with two attached hydrogens (primary N) is 1. The predicted molar refractivity (Wildman–Crippen MR) is 71.9 cm³/mol. The molecule has 1 heterocycles. The van der Waals surface area contributed by atoms with Crippen molar-refractivity contribution in [3.8, 4) is 0 Å². The van der Waals surface area contributed by atoms with E-state index < -0.39 is 23.6 Å². The lowest BCUT2D eigenvalue weighted by Gasteiger charge is -2.32. The Balaban J connectivity index is 1.62. The number of nitrogens with one attached hydrogen (secondary N) is 1. The average Bonchev–Trinajstić information content (AvgIpc) is 2.50. The maximum absolute atomic E-state index is 11.4. The highest BCUT2D eigenvalue weighted by atomic mass is 16.6. The number of alkyl carbamates (subject to hydrolysis) is 1. The van der Waals surface area contributed by atoms with Crippen molar-refractivity contribution in [2.45, 2.75) is 25.0 Å². The fraction of sp³-hybridized carbons (Fsp3) is 0.357. The van der Waals surface area contributed by atoms with E-state index >= 15 is 0 Å². The SMILES string of the molecule is NC1(CCCNC(=O)OCc2ccccc2)C(=O)OC1=O. The number of amides is 1. The lowest BCUT2D eigenvalue weighted by atomic mass is 9.91. The van der Waals surface area contributed by atoms with E-state index in [-0.39, 0.29) is 19.6 Å². The number of carbonyl (C=O) groups is 3. The molecule has 112 valence electrons. The highest BCUT2D eigenvalue weighted by Gasteiger charge is 2.55. The van der Waals surface area contributed by atoms with E-state index in [1.54, 1.807) is 0 Å². The minimum Gasteiger partial charge on any atom is -0.445 e. The Hall–Kier alpha value is -2.41. The van der Waals surface area contributed by atoms with E-state index in [1.165, 1.54) is 0 Å². The summed E-state index contributed by atoms with van der Waals surface area (Å²) in [7, 11) is 0. The molecule has 1 aromatic carbocycles. The maximum atomic E-state index is 11.4. The first-order chi connectivity index (χ1) is 10.0. The smallest absolute Gasteiger partial charge is 0.407 e. The Morgan fingerprint density at radius 3 is 2.52 bits per heavy atom. The molecule has 1 saturated heterocycles. The van der Waals surface area contributed by atoms with Crippen LogP contribution in [0.25, 0.3) is 0 Å². The molecule has 0 bridgehead atoms. The maximum Gasteiger partial charge on any atom is 0.407 e. The van der Waals surface area contributed by atoms with Crippen LogP contribution in [0.2, 0.25) is 0 Å². The van der Waals surface area contributed by atoms with Gasteiger partial charge >= 0.3 is 18.0 Å². The van der Waals surface area contributed by atoms with Crippen LogP contribution in [0, 0.1) is 0 Å². The van der Waals surface area contributed by atoms with Gasteiger partial charge in [-0.2, -0.15) is 0 Å². The highest BCUT2D eigenvalue weighted by Crippen LogP contribution is 2.22. The summed E-state index contributed by atoms with van der Waals surface area (Å²) in [5.41, 5.74) is 4.91. The predicted octanol–water partition coefficient (Wildman–Crippen LogP) is 0.474. The van der Waals surface area contributed by atoms with Crippen molar-refractivity contribution in [2.75, 3.05) is 6.54 Å². The molecule has 1 aromatic rings. The van der Waals surface area contributed by atoms with Gasteiger partial charge in [-0.1, -0.05) is 30.3 Å². The van der Waals surface area contributed by atoms with Crippen molar-refractivity contribution in [1.82, 2.24) is 5.32 Å². The Morgan fingerprint density at radius 2 is 1.90 bits per heavy atom. The molecular formula is C14H16N2O5. The van der Waals surface area contributed by atoms with Crippen LogP contribution in [-0.2, 0) is 25.7 Å². The van der Waals surface area contributed by atoms with Crippen molar-refractivity contribution in [2.24, 2.45) is 5.73 Å². The molecule has 0 spiro atoms. The number of cyclic esters (lactones) is 2. The third kappa shape index (κ3) is 3.57. The van der Waals surface area contributed by atoms with Crippen molar-refractivity contribution < 1.29 is 23.9 Å². The minimum absolute atomic E-state index is 0.129. The van der Waals surface area contributed by atoms with Crippen molar-refractivity contribution in [3.05, 3.63) is 35.9 Å². The van der Waals surface area contributed by atoms with Crippen molar-refractivity contribution >= 4 is 18.0 Å². The summed E-state index contributed by atoms with van der Waals surface area (Å²) in [6.45, 7) is 0.436. The van der Waals surface area contributed by atoms with E-state index in [1.807, 2.05) is 30.3 Å². The molecule has 7 nitrogen and oxygen atoms in total. The van der Waals surface area contributed by atoms with Gasteiger partial charge in [0.25, 0.3) is 0 Å². The number of esters is 2. The summed E-state index contributed by atoms with van der Waals surface area (Å²) in [6, 6.07) is 9.27. The summed E-state index contributed by atoms with van der Waals surface area (Å²) in [5.74, 6) is -1.45. The molecule has 0 unspecified atom stereocenters. The van der Waals surface area contributed by atoms with E-state index in [0.29, 0.717) is 6.42 Å². The van der Waals surface area contributed by atoms with Crippen molar-refractivity contribution in [3.63, 3.8) is 0 Å². The number of benzene rings is 1. The zero-order valence-electron chi connectivity index (χ0n) is 11.3. The molecule has 3 N–H and O–H groups in total. The van der Waals surface area contributed by atoms with E-state index in [0.717, 1.165) is 5.56 Å². The van der Waals surface area contributed by atoms with Gasteiger partial charge in [0.2, 0.25) is 5.54 Å². The molecule has 0 atom stereocenters. The first-order valence-corrected chi connectivity index (χ1v) is 6.52. The molecule has 7 heteroatoms. The normalized spacial score (nSPS) is 15.9. The molecule has 21 heavy (non-hydrogen) atoms. The largest absolute Gasteiger partial charge is 0.445 e. The van der Waals surface area contributed by atoms with Gasteiger partial charge < -0.3 is 20.5 Å². The highest BCUT2D eigenvalue weighted by molar-refractivity contribution is 6.18. The van der Waals surface area contributed by atoms with Crippen molar-refractivity contribution in [1.29, 1.82) is 0 Å². The second-order valence-electron chi connectivity index (χ2n) is 4.74. The quantitative estimate of drug-likeness (QED) is 0.448. The molecule has 1 aliphatic rings. The zero-order chi connectivity index (χ0) is 15.3. The second kappa shape index (κ2) is 6.36. The molecule has 1 amide bonds. The molecule has 0 aliphatic carbocycles. The standard InChI is InChI=1S/C14H16N2O5/c15-14(11(17)21-12(14)18)7-4-8-16-13(19)20-9-10-5-2-1-3-6-10/h1-3,5-6H,4,7-9,15H2,(H,16,19). The fourth-order valence-electron chi connectivity index (χ4n) is 1.84. The zero-order valence-corrected chi connectivity index (χ0v) is 11.3. The number of rotatable bonds is 6. The van der Waals surface area contributed by atoms with Gasteiger partial charge in [0.1, 0.15) is 6.61 Å². The van der Waals surface area contributed by atoms with Crippen LogP contribution in [0.4, 0.5) is 4.79 Å². The molecule has 0 saturated carbocycles. The summed E-state index contributed by atoms with van der Waals surface area (Å²) in [5, 5.41) is 2.52. The lowest BCUT2D eigenvalue weighted by Crippen LogP contribution is -2.66. The van der Waals surface area contributed by atoms with Crippen LogP contribution >= 0.6 is 0 Å². The molecular weight excluding hydrogens is 276 g/mol. The van der Waals surface area contributed by atoms with Crippen LogP contribution in [-0.4, -0.2) is 30.1 Å². The fourth-order valence-corrected chi connectivity index (χ4v) is 1.84. The van der Waals surface area contributed by atoms with Crippen LogP contribution in [0.15, 0.2) is 30.3 Å². The van der Waals surface area contributed by atoms with Gasteiger partial charge in [0.15, 0.2) is 0 Å². The van der Waals surface area contributed by atoms with E-state index in [9.17, 15) is 14.4 Å². The van der Waals surface area contributed by atoms with E-state index in [4.69, 9.17) is 10.5 Å². The van der Waals surface area contributed by atoms with E-state index in [2.05, 4.69) is 10.1 Å². The first-order valence-electron chi connectivity index (χ1n) is 6.52. The minimum atomic E-state index is -1.55. The summed E-state index contributed by atoms with van der Waals surface area (Å²) in [6.07, 6.45) is -0.0612. The Morgan fingerprint density at radius 1 is 1.24 bits per heavy atom. The summed E-state index contributed by atoms with van der Waals surface area (Å²) < 4.78 is 9.21. The number of hydrogen-bond donors (Lipinski definition) is 2. The topological polar surface area (TPSA) is 108 Å². The number of hydrogen-bond acceptors (Lipinski definition) is 6. The van der Waals surface area contributed by atoms with Gasteiger partial charge in [0.05, 0.1) is 0 Å². The van der Waals surface area contributed by atoms with Crippen LogP contribution in [0.1, 0.15) is 18.4 Å². The Labute approximate surface area is 121 Å². The van der Waals surface area contributed by atoms with Gasteiger partial charge in [-0.05, 0) is 18.4 Å². The molecule has 1 fully saturated rings. The van der Waals surface area contributed by atoms with Crippen LogP contribution < -0.4 is 11.1 Å². The number of ether oxygens (including phenoxy) is 2. The molecule has 0 radical (unpaired) electrons. The second-order valence-corrected chi connectivity index (χ2v) is 4.74. The van der Waals surface area contributed by atoms with Gasteiger partial charge in [-0.25, -0.2) is 14.4 Å². The molecule has 1 aliphatic heterocycles. The van der Waals surface area contributed by atoms with Gasteiger partial charge in [0, 0.05) is 6.54 Å². The molecule has 0 aromatic heterocycles. The third-order valence-electron chi connectivity index (χ3n) is 3.14. The number of carbonyl (C=O) groups excluding carboxylic acids is 3. The summed E-state index contributed by atoms with van der Waals surface area (Å²) in [4.78, 5) is 33.6. The van der Waals surface area contributed by atoms with Gasteiger partial charge in [-0.3, -0.25) is 0 Å². The van der Waals surface area contributed by atoms with Crippen LogP contribution in [0.5, 0.6) is 0 Å². The first kappa shape index (κ1) is 15.0. The third-order valence-corrected chi connectivity index (χ3v) is 3.14. The van der Waals surface area contributed by atoms with Crippen LogP contribution in [0.3, 0.4) is 0 Å². The monoisotopic (exact) mass is 292 g/mol. The molecule has 2 rings (SSSR count). The van der Waals surface area contributed by atoms with Gasteiger partial charge in [-0.15, -0.1) is 0 Å². The average molecular weight is 292 g/mol. The Kier molecular flexibility index (Phi) is 4.54.